The molecular formula is C23H27BrN2O2S. The van der Waals surface area contributed by atoms with Gasteiger partial charge >= 0.3 is 0 Å². The highest BCUT2D eigenvalue weighted by molar-refractivity contribution is 9.10. The molecule has 3 rings (SSSR count). The highest BCUT2D eigenvalue weighted by atomic mass is 79.9. The maximum Gasteiger partial charge on any atom is 0.256 e. The van der Waals surface area contributed by atoms with Crippen molar-refractivity contribution in [2.45, 2.75) is 40.0 Å². The third kappa shape index (κ3) is 4.98. The molecule has 1 unspecified atom stereocenters. The molecule has 4 nitrogen and oxygen atoms in total. The number of hydrogen-bond donors (Lipinski definition) is 2. The Morgan fingerprint density at radius 2 is 1.93 bits per heavy atom. The third-order valence-electron chi connectivity index (χ3n) is 5.46. The van der Waals surface area contributed by atoms with E-state index in [2.05, 4.69) is 53.9 Å². The molecule has 2 aromatic rings. The maximum absolute atomic E-state index is 12.9. The fraction of sp³-hybridized carbons (Fsp3) is 0.391. The minimum atomic E-state index is -0.207. The molecule has 2 amide bonds. The van der Waals surface area contributed by atoms with E-state index in [0.29, 0.717) is 28.6 Å². The topological polar surface area (TPSA) is 58.2 Å². The monoisotopic (exact) mass is 474 g/mol. The van der Waals surface area contributed by atoms with E-state index in [1.807, 2.05) is 12.1 Å². The van der Waals surface area contributed by atoms with Gasteiger partial charge in [0.25, 0.3) is 11.8 Å². The summed E-state index contributed by atoms with van der Waals surface area (Å²) in [5, 5.41) is 6.51. The molecule has 0 aliphatic heterocycles. The number of halogens is 1. The van der Waals surface area contributed by atoms with Crippen LogP contribution in [0.4, 0.5) is 5.00 Å². The van der Waals surface area contributed by atoms with Crippen molar-refractivity contribution in [3.05, 3.63) is 63.0 Å². The fourth-order valence-electron chi connectivity index (χ4n) is 3.68. The number of benzene rings is 1. The van der Waals surface area contributed by atoms with E-state index in [9.17, 15) is 9.59 Å². The largest absolute Gasteiger partial charge is 0.348 e. The van der Waals surface area contributed by atoms with Gasteiger partial charge in [-0.15, -0.1) is 17.9 Å². The summed E-state index contributed by atoms with van der Waals surface area (Å²) in [6.45, 7) is 10.9. The van der Waals surface area contributed by atoms with Gasteiger partial charge in [0.2, 0.25) is 0 Å². The zero-order chi connectivity index (χ0) is 21.2. The SMILES string of the molecule is C=CCNC(=O)c1c(NC(=O)c2ccc(Br)cc2)sc2c1CCC(C(C)(C)C)C2. The van der Waals surface area contributed by atoms with Crippen molar-refractivity contribution < 1.29 is 9.59 Å². The second-order valence-corrected chi connectivity index (χ2v) is 10.5. The van der Waals surface area contributed by atoms with E-state index >= 15 is 0 Å². The lowest BCUT2D eigenvalue weighted by molar-refractivity contribution is 0.0957. The van der Waals surface area contributed by atoms with Gasteiger partial charge in [-0.2, -0.15) is 0 Å². The first-order valence-corrected chi connectivity index (χ1v) is 11.4. The van der Waals surface area contributed by atoms with E-state index in [0.717, 1.165) is 29.3 Å². The van der Waals surface area contributed by atoms with E-state index in [-0.39, 0.29) is 17.2 Å². The van der Waals surface area contributed by atoms with Gasteiger partial charge < -0.3 is 10.6 Å². The van der Waals surface area contributed by atoms with Crippen LogP contribution in [-0.2, 0) is 12.8 Å². The van der Waals surface area contributed by atoms with Gasteiger partial charge in [-0.1, -0.05) is 42.8 Å². The van der Waals surface area contributed by atoms with Gasteiger partial charge in [-0.05, 0) is 60.4 Å². The number of hydrogen-bond acceptors (Lipinski definition) is 3. The van der Waals surface area contributed by atoms with Gasteiger partial charge in [0.15, 0.2) is 0 Å². The Hall–Kier alpha value is -1.92. The number of carbonyl (C=O) groups is 2. The van der Waals surface area contributed by atoms with Crippen molar-refractivity contribution in [3.63, 3.8) is 0 Å². The molecule has 1 aliphatic carbocycles. The highest BCUT2D eigenvalue weighted by Gasteiger charge is 2.34. The van der Waals surface area contributed by atoms with Crippen LogP contribution in [0.2, 0.25) is 0 Å². The molecule has 1 aromatic heterocycles. The molecule has 0 spiro atoms. The van der Waals surface area contributed by atoms with Crippen LogP contribution in [0.5, 0.6) is 0 Å². The summed E-state index contributed by atoms with van der Waals surface area (Å²) >= 11 is 4.93. The van der Waals surface area contributed by atoms with Crippen LogP contribution in [0.15, 0.2) is 41.4 Å². The molecule has 1 aliphatic rings. The summed E-state index contributed by atoms with van der Waals surface area (Å²) in [6, 6.07) is 7.19. The Kier molecular flexibility index (Phi) is 6.64. The smallest absolute Gasteiger partial charge is 0.256 e. The number of thiophene rings is 1. The summed E-state index contributed by atoms with van der Waals surface area (Å²) in [6.07, 6.45) is 4.51. The minimum Gasteiger partial charge on any atom is -0.348 e. The van der Waals surface area contributed by atoms with Crippen molar-refractivity contribution in [1.82, 2.24) is 5.32 Å². The zero-order valence-electron chi connectivity index (χ0n) is 17.1. The molecule has 0 radical (unpaired) electrons. The number of anilines is 1. The number of amides is 2. The number of rotatable bonds is 5. The molecule has 6 heteroatoms. The summed E-state index contributed by atoms with van der Waals surface area (Å²) in [5.74, 6) is 0.205. The van der Waals surface area contributed by atoms with Crippen molar-refractivity contribution in [1.29, 1.82) is 0 Å². The Bertz CT molecular complexity index is 926. The lowest BCUT2D eigenvalue weighted by Gasteiger charge is -2.33. The van der Waals surface area contributed by atoms with Crippen LogP contribution in [0.3, 0.4) is 0 Å². The molecule has 0 saturated heterocycles. The van der Waals surface area contributed by atoms with Crippen LogP contribution in [0.25, 0.3) is 0 Å². The van der Waals surface area contributed by atoms with Crippen LogP contribution >= 0.6 is 27.3 Å². The van der Waals surface area contributed by atoms with Crippen LogP contribution in [0, 0.1) is 11.3 Å². The molecule has 0 bridgehead atoms. The van der Waals surface area contributed by atoms with E-state index < -0.39 is 0 Å². The molecule has 0 saturated carbocycles. The maximum atomic E-state index is 12.9. The van der Waals surface area contributed by atoms with Crippen molar-refractivity contribution >= 4 is 44.1 Å². The zero-order valence-corrected chi connectivity index (χ0v) is 19.5. The normalized spacial score (nSPS) is 16.1. The second-order valence-electron chi connectivity index (χ2n) is 8.47. The van der Waals surface area contributed by atoms with Gasteiger partial charge in [-0.3, -0.25) is 9.59 Å². The standard InChI is InChI=1S/C23H27BrN2O2S/c1-5-12-25-21(28)19-17-11-8-15(23(2,3)4)13-18(17)29-22(19)26-20(27)14-6-9-16(24)10-7-14/h5-7,9-10,15H,1,8,11-13H2,2-4H3,(H,25,28)(H,26,27). The Morgan fingerprint density at radius 3 is 2.55 bits per heavy atom. The predicted molar refractivity (Wildman–Crippen MR) is 124 cm³/mol. The Labute approximate surface area is 184 Å². The molecule has 2 N–H and O–H groups in total. The molecule has 1 atom stereocenters. The summed E-state index contributed by atoms with van der Waals surface area (Å²) in [5.41, 5.74) is 2.48. The molecule has 29 heavy (non-hydrogen) atoms. The van der Waals surface area contributed by atoms with E-state index in [1.165, 1.54) is 4.88 Å². The first-order chi connectivity index (χ1) is 13.7. The van der Waals surface area contributed by atoms with Gasteiger partial charge in [-0.25, -0.2) is 0 Å². The lowest BCUT2D eigenvalue weighted by atomic mass is 9.72. The first-order valence-electron chi connectivity index (χ1n) is 9.81. The van der Waals surface area contributed by atoms with Crippen molar-refractivity contribution in [2.75, 3.05) is 11.9 Å². The fourth-order valence-corrected chi connectivity index (χ4v) is 5.27. The Morgan fingerprint density at radius 1 is 1.24 bits per heavy atom. The molecule has 0 fully saturated rings. The van der Waals surface area contributed by atoms with Gasteiger partial charge in [0, 0.05) is 21.5 Å². The summed E-state index contributed by atoms with van der Waals surface area (Å²) in [7, 11) is 0. The van der Waals surface area contributed by atoms with Crippen molar-refractivity contribution in [3.8, 4) is 0 Å². The second kappa shape index (κ2) is 8.84. The molecule has 154 valence electrons. The number of nitrogens with one attached hydrogen (secondary N) is 2. The molecule has 1 heterocycles. The van der Waals surface area contributed by atoms with Crippen molar-refractivity contribution in [2.24, 2.45) is 11.3 Å². The average molecular weight is 475 g/mol. The molecular weight excluding hydrogens is 448 g/mol. The Balaban J connectivity index is 1.93. The highest BCUT2D eigenvalue weighted by Crippen LogP contribution is 2.44. The predicted octanol–water partition coefficient (Wildman–Crippen LogP) is 5.83. The number of carbonyl (C=O) groups excluding carboxylic acids is 2. The lowest BCUT2D eigenvalue weighted by Crippen LogP contribution is -2.28. The van der Waals surface area contributed by atoms with Crippen LogP contribution in [-0.4, -0.2) is 18.4 Å². The molecule has 1 aromatic carbocycles. The van der Waals surface area contributed by atoms with Crippen LogP contribution in [0.1, 0.15) is 58.3 Å². The van der Waals surface area contributed by atoms with Crippen LogP contribution < -0.4 is 10.6 Å². The average Bonchev–Trinajstić information content (AvgIpc) is 3.02. The third-order valence-corrected chi connectivity index (χ3v) is 7.16. The quantitative estimate of drug-likeness (QED) is 0.535. The van der Waals surface area contributed by atoms with Gasteiger partial charge in [0.05, 0.1) is 5.56 Å². The van der Waals surface area contributed by atoms with Gasteiger partial charge in [0.1, 0.15) is 5.00 Å². The van der Waals surface area contributed by atoms with E-state index in [4.69, 9.17) is 0 Å². The first kappa shape index (κ1) is 21.8. The minimum absolute atomic E-state index is 0.150. The van der Waals surface area contributed by atoms with E-state index in [1.54, 1.807) is 29.5 Å². The number of fused-ring (bicyclic) bond motifs is 1. The summed E-state index contributed by atoms with van der Waals surface area (Å²) < 4.78 is 0.915. The summed E-state index contributed by atoms with van der Waals surface area (Å²) in [4.78, 5) is 26.9.